The highest BCUT2D eigenvalue weighted by atomic mass is 16.6. The fourth-order valence-electron chi connectivity index (χ4n) is 7.44. The Kier molecular flexibility index (Phi) is 74.3. The monoisotopic (exact) mass is 1160 g/mol. The first kappa shape index (κ1) is 85.7. The van der Waals surface area contributed by atoms with Crippen LogP contribution in [0.5, 0.6) is 0 Å². The van der Waals surface area contributed by atoms with E-state index in [2.05, 4.69) is 66.2 Å². The quantitative estimate of drug-likeness (QED) is 0.0261. The van der Waals surface area contributed by atoms with Crippen LogP contribution in [0.15, 0.2) is 12.2 Å². The Morgan fingerprint density at radius 2 is 0.716 bits per heavy atom. The van der Waals surface area contributed by atoms with Crippen molar-refractivity contribution in [3.63, 3.8) is 0 Å². The SMILES string of the molecule is CC.CCC.CCCCCCCCOC(=O)CN(CC(=O)O)CC(=O)OCCCCCCCC.CCCCCCCCOC(=O)CN(CC(=O)OCCCCCCCC)CC(=O)OC(/C=C\CCC(C)CC)CC.CCCOC(C)=O. The predicted octanol–water partition coefficient (Wildman–Crippen LogP) is 15.4. The van der Waals surface area contributed by atoms with Gasteiger partial charge in [-0.2, -0.15) is 0 Å². The summed E-state index contributed by atoms with van der Waals surface area (Å²) in [6.45, 7) is 27.3. The average molecular weight is 1160 g/mol. The van der Waals surface area contributed by atoms with Crippen molar-refractivity contribution in [3.8, 4) is 0 Å². The molecule has 0 aliphatic carbocycles. The molecule has 0 saturated carbocycles. The van der Waals surface area contributed by atoms with E-state index in [1.807, 2.05) is 33.8 Å². The fraction of sp³-hybridized carbons (Fsp3) is 0.862. The molecule has 0 aliphatic rings. The zero-order valence-corrected chi connectivity index (χ0v) is 54.4. The molecular weight excluding hydrogens is 1030 g/mol. The van der Waals surface area contributed by atoms with Gasteiger partial charge in [-0.05, 0) is 63.4 Å². The molecule has 16 heteroatoms. The van der Waals surface area contributed by atoms with Crippen LogP contribution in [0, 0.1) is 5.92 Å². The third-order valence-corrected chi connectivity index (χ3v) is 12.2. The van der Waals surface area contributed by atoms with Gasteiger partial charge in [0.05, 0.1) is 72.3 Å². The van der Waals surface area contributed by atoms with E-state index in [0.29, 0.717) is 45.4 Å². The van der Waals surface area contributed by atoms with Crippen LogP contribution in [-0.4, -0.2) is 135 Å². The third kappa shape index (κ3) is 73.9. The van der Waals surface area contributed by atoms with E-state index >= 15 is 0 Å². The van der Waals surface area contributed by atoms with Crippen molar-refractivity contribution in [1.82, 2.24) is 9.80 Å². The molecule has 0 bridgehead atoms. The lowest BCUT2D eigenvalue weighted by Crippen LogP contribution is -2.40. The van der Waals surface area contributed by atoms with Gasteiger partial charge in [-0.25, -0.2) is 0 Å². The lowest BCUT2D eigenvalue weighted by atomic mass is 10.0. The third-order valence-electron chi connectivity index (χ3n) is 12.2. The summed E-state index contributed by atoms with van der Waals surface area (Å²) in [5.41, 5.74) is 0. The normalized spacial score (nSPS) is 11.3. The van der Waals surface area contributed by atoms with Crippen LogP contribution in [0.25, 0.3) is 0 Å². The highest BCUT2D eigenvalue weighted by molar-refractivity contribution is 5.79. The van der Waals surface area contributed by atoms with Gasteiger partial charge in [-0.3, -0.25) is 43.4 Å². The number of carboxylic acids is 1. The first-order valence-electron chi connectivity index (χ1n) is 32.3. The van der Waals surface area contributed by atoms with Gasteiger partial charge in [0.2, 0.25) is 0 Å². The lowest BCUT2D eigenvalue weighted by molar-refractivity contribution is -0.155. The lowest BCUT2D eigenvalue weighted by Gasteiger charge is -2.21. The van der Waals surface area contributed by atoms with E-state index in [9.17, 15) is 33.6 Å². The number of ether oxygens (including phenoxy) is 6. The molecule has 2 atom stereocenters. The van der Waals surface area contributed by atoms with E-state index in [1.54, 1.807) is 0 Å². The first-order valence-corrected chi connectivity index (χ1v) is 32.3. The molecule has 0 radical (unpaired) electrons. The summed E-state index contributed by atoms with van der Waals surface area (Å²) in [5, 5.41) is 9.00. The fourth-order valence-corrected chi connectivity index (χ4v) is 7.44. The number of aliphatic carboxylic acids is 1. The van der Waals surface area contributed by atoms with Crippen LogP contribution < -0.4 is 0 Å². The van der Waals surface area contributed by atoms with Gasteiger partial charge in [0, 0.05) is 6.92 Å². The molecular formula is C65H126N2O14. The van der Waals surface area contributed by atoms with Crippen LogP contribution in [0.3, 0.4) is 0 Å². The van der Waals surface area contributed by atoms with E-state index in [4.69, 9.17) is 28.8 Å². The summed E-state index contributed by atoms with van der Waals surface area (Å²) < 4.78 is 31.3. The summed E-state index contributed by atoms with van der Waals surface area (Å²) in [6, 6.07) is 0. The Morgan fingerprint density at radius 1 is 0.407 bits per heavy atom. The molecule has 0 aliphatic heterocycles. The molecule has 0 saturated heterocycles. The summed E-state index contributed by atoms with van der Waals surface area (Å²) in [5.74, 6) is -3.00. The van der Waals surface area contributed by atoms with Crippen molar-refractivity contribution in [2.75, 3.05) is 72.3 Å². The van der Waals surface area contributed by atoms with Crippen molar-refractivity contribution >= 4 is 41.8 Å². The summed E-state index contributed by atoms with van der Waals surface area (Å²) in [7, 11) is 0. The van der Waals surface area contributed by atoms with Crippen molar-refractivity contribution in [2.45, 2.75) is 289 Å². The number of rotatable bonds is 49. The first-order chi connectivity index (χ1) is 39.0. The summed E-state index contributed by atoms with van der Waals surface area (Å²) in [4.78, 5) is 85.3. The second-order valence-corrected chi connectivity index (χ2v) is 20.6. The zero-order valence-electron chi connectivity index (χ0n) is 54.4. The summed E-state index contributed by atoms with van der Waals surface area (Å²) >= 11 is 0. The largest absolute Gasteiger partial charge is 0.480 e. The van der Waals surface area contributed by atoms with Crippen molar-refractivity contribution < 1.29 is 67.1 Å². The maximum absolute atomic E-state index is 12.7. The number of hydrogen-bond acceptors (Lipinski definition) is 15. The van der Waals surface area contributed by atoms with Crippen molar-refractivity contribution in [3.05, 3.63) is 12.2 Å². The molecule has 1 N–H and O–H groups in total. The Hall–Kier alpha value is -4.05. The Balaban J connectivity index is -0.000000408. The minimum atomic E-state index is -1.10. The van der Waals surface area contributed by atoms with Crippen molar-refractivity contribution in [2.24, 2.45) is 5.92 Å². The van der Waals surface area contributed by atoms with E-state index in [1.165, 1.54) is 100 Å². The number of carbonyl (C=O) groups excluding carboxylic acids is 6. The van der Waals surface area contributed by atoms with E-state index in [-0.39, 0.29) is 44.8 Å². The number of allylic oxidation sites excluding steroid dienone is 1. The maximum Gasteiger partial charge on any atom is 0.320 e. The smallest absolute Gasteiger partial charge is 0.320 e. The maximum atomic E-state index is 12.7. The van der Waals surface area contributed by atoms with Gasteiger partial charge < -0.3 is 33.5 Å². The zero-order chi connectivity index (χ0) is 62.0. The number of nitrogens with zero attached hydrogens (tertiary/aromatic N) is 2. The van der Waals surface area contributed by atoms with Crippen LogP contribution in [-0.2, 0) is 62.0 Å². The second kappa shape index (κ2) is 70.2. The molecule has 480 valence electrons. The van der Waals surface area contributed by atoms with Gasteiger partial charge in [0.15, 0.2) is 0 Å². The molecule has 2 unspecified atom stereocenters. The number of unbranched alkanes of at least 4 members (excludes halogenated alkanes) is 20. The number of hydrogen-bond donors (Lipinski definition) is 1. The highest BCUT2D eigenvalue weighted by Gasteiger charge is 2.22. The molecule has 0 heterocycles. The van der Waals surface area contributed by atoms with Crippen LogP contribution in [0.2, 0.25) is 0 Å². The molecule has 16 nitrogen and oxygen atoms in total. The average Bonchev–Trinajstić information content (AvgIpc) is 3.43. The molecule has 81 heavy (non-hydrogen) atoms. The van der Waals surface area contributed by atoms with Crippen LogP contribution in [0.4, 0.5) is 0 Å². The predicted molar refractivity (Wildman–Crippen MR) is 330 cm³/mol. The second-order valence-electron chi connectivity index (χ2n) is 20.6. The molecule has 0 aromatic carbocycles. The molecule has 0 spiro atoms. The van der Waals surface area contributed by atoms with E-state index < -0.39 is 42.4 Å². The molecule has 0 rings (SSSR count). The number of esters is 6. The van der Waals surface area contributed by atoms with Crippen molar-refractivity contribution in [1.29, 1.82) is 0 Å². The Bertz CT molecular complexity index is 1400. The minimum Gasteiger partial charge on any atom is -0.480 e. The van der Waals surface area contributed by atoms with Gasteiger partial charge in [0.1, 0.15) is 6.10 Å². The summed E-state index contributed by atoms with van der Waals surface area (Å²) in [6.07, 6.45) is 36.0. The van der Waals surface area contributed by atoms with E-state index in [0.717, 1.165) is 103 Å². The standard InChI is InChI=1S/C33H61NO6.C22H41NO6.C5H10O2.C3H8.C2H6/c1-6-10-12-14-16-20-24-38-31(35)26-34(27-32(36)39-25-21-17-15-13-11-7-2)28-33(37)40-30(9-4)23-19-18-22-29(5)8-3;1-3-5-7-9-11-13-15-28-21(26)18-23(17-20(24)25)19-22(27)29-16-14-12-10-8-6-4-2;1-3-4-7-5(2)6;1-3-2;1-2/h19,23,29-30H,6-18,20-22,24-28H2,1-5H3;3-19H2,1-2H3,(H,24,25);3-4H2,1-2H3;3H2,1-2H3;1-2H3/b23-19-;;;;. The number of carbonyl (C=O) groups is 7. The number of carboxylic acid groups (broad SMARTS) is 1. The molecule has 0 aromatic rings. The van der Waals surface area contributed by atoms with Gasteiger partial charge in [-0.1, -0.05) is 230 Å². The molecule has 0 fully saturated rings. The van der Waals surface area contributed by atoms with Crippen LogP contribution in [0.1, 0.15) is 283 Å². The molecule has 0 aromatic heterocycles. The van der Waals surface area contributed by atoms with Gasteiger partial charge in [0.25, 0.3) is 0 Å². The van der Waals surface area contributed by atoms with Gasteiger partial charge in [-0.15, -0.1) is 0 Å². The van der Waals surface area contributed by atoms with Crippen LogP contribution >= 0.6 is 0 Å². The van der Waals surface area contributed by atoms with Gasteiger partial charge >= 0.3 is 41.8 Å². The highest BCUT2D eigenvalue weighted by Crippen LogP contribution is 2.12. The minimum absolute atomic E-state index is 0.154. The Morgan fingerprint density at radius 3 is 0.988 bits per heavy atom. The topological polar surface area (TPSA) is 202 Å². The molecule has 0 amide bonds. The Labute approximate surface area is 496 Å².